The quantitative estimate of drug-likeness (QED) is 0.845. The summed E-state index contributed by atoms with van der Waals surface area (Å²) < 4.78 is 5.56. The number of carbonyl (C=O) groups is 2. The summed E-state index contributed by atoms with van der Waals surface area (Å²) in [5.41, 5.74) is 2.04. The van der Waals surface area contributed by atoms with E-state index in [0.29, 0.717) is 13.0 Å². The molecule has 5 heteroatoms. The molecule has 1 heterocycles. The van der Waals surface area contributed by atoms with Crippen LogP contribution in [0, 0.1) is 0 Å². The van der Waals surface area contributed by atoms with Crippen molar-refractivity contribution in [2.45, 2.75) is 25.1 Å². The van der Waals surface area contributed by atoms with E-state index in [2.05, 4.69) is 10.6 Å². The minimum Gasteiger partial charge on any atom is -0.374 e. The molecule has 2 amide bonds. The summed E-state index contributed by atoms with van der Waals surface area (Å²) in [6.45, 7) is 0.568. The molecule has 1 aliphatic rings. The first-order chi connectivity index (χ1) is 11.7. The van der Waals surface area contributed by atoms with Gasteiger partial charge in [-0.05, 0) is 11.1 Å². The number of benzene rings is 2. The Kier molecular flexibility index (Phi) is 5.23. The van der Waals surface area contributed by atoms with E-state index in [0.717, 1.165) is 11.1 Å². The molecule has 0 saturated carbocycles. The molecule has 2 atom stereocenters. The Labute approximate surface area is 141 Å². The highest BCUT2D eigenvalue weighted by Crippen LogP contribution is 2.08. The van der Waals surface area contributed by atoms with Crippen molar-refractivity contribution in [2.75, 3.05) is 6.61 Å². The van der Waals surface area contributed by atoms with E-state index in [1.54, 1.807) is 0 Å². The number of carbonyl (C=O) groups excluding carboxylic acids is 2. The molecule has 124 valence electrons. The molecule has 0 bridgehead atoms. The standard InChI is InChI=1S/C19H20N2O3/c22-18-16(11-14-7-3-1-4-8-14)20-19(23)17(21-18)13-24-12-15-9-5-2-6-10-15/h1-10,16-17H,11-13H2,(H,20,23)(H,21,22)/t16-,17-/m0/s1. The highest BCUT2D eigenvalue weighted by Gasteiger charge is 2.33. The van der Waals surface area contributed by atoms with E-state index in [1.807, 2.05) is 60.7 Å². The zero-order chi connectivity index (χ0) is 16.8. The monoisotopic (exact) mass is 324 g/mol. The summed E-state index contributed by atoms with van der Waals surface area (Å²) in [6, 6.07) is 18.2. The van der Waals surface area contributed by atoms with Gasteiger partial charge in [-0.25, -0.2) is 0 Å². The van der Waals surface area contributed by atoms with Gasteiger partial charge in [0.25, 0.3) is 0 Å². The summed E-state index contributed by atoms with van der Waals surface area (Å²) in [6.07, 6.45) is 0.482. The fraction of sp³-hybridized carbons (Fsp3) is 0.263. The summed E-state index contributed by atoms with van der Waals surface area (Å²) in [5, 5.41) is 5.53. The Morgan fingerprint density at radius 3 is 1.96 bits per heavy atom. The molecule has 2 aromatic carbocycles. The van der Waals surface area contributed by atoms with Gasteiger partial charge in [-0.2, -0.15) is 0 Å². The number of ether oxygens (including phenoxy) is 1. The lowest BCUT2D eigenvalue weighted by atomic mass is 10.0. The molecule has 1 saturated heterocycles. The average Bonchev–Trinajstić information content (AvgIpc) is 2.61. The van der Waals surface area contributed by atoms with Crippen molar-refractivity contribution in [2.24, 2.45) is 0 Å². The lowest BCUT2D eigenvalue weighted by Crippen LogP contribution is -2.63. The van der Waals surface area contributed by atoms with Crippen molar-refractivity contribution >= 4 is 11.8 Å². The van der Waals surface area contributed by atoms with Crippen LogP contribution in [0.25, 0.3) is 0 Å². The fourth-order valence-corrected chi connectivity index (χ4v) is 2.66. The SMILES string of the molecule is O=C1N[C@@H](Cc2ccccc2)C(=O)N[C@H]1COCc1ccccc1. The Hall–Kier alpha value is -2.66. The van der Waals surface area contributed by atoms with E-state index in [1.165, 1.54) is 0 Å². The predicted molar refractivity (Wildman–Crippen MR) is 90.1 cm³/mol. The lowest BCUT2D eigenvalue weighted by molar-refractivity contribution is -0.138. The molecule has 24 heavy (non-hydrogen) atoms. The van der Waals surface area contributed by atoms with Gasteiger partial charge in [0.05, 0.1) is 13.2 Å². The molecule has 0 aromatic heterocycles. The van der Waals surface area contributed by atoms with Crippen LogP contribution in [0.4, 0.5) is 0 Å². The number of amides is 2. The number of hydrogen-bond acceptors (Lipinski definition) is 3. The Balaban J connectivity index is 1.50. The molecule has 2 N–H and O–H groups in total. The van der Waals surface area contributed by atoms with Crippen LogP contribution < -0.4 is 10.6 Å². The van der Waals surface area contributed by atoms with Gasteiger partial charge in [-0.15, -0.1) is 0 Å². The van der Waals surface area contributed by atoms with Crippen LogP contribution in [0.5, 0.6) is 0 Å². The second-order valence-electron chi connectivity index (χ2n) is 5.81. The Bertz CT molecular complexity index is 688. The minimum absolute atomic E-state index is 0.157. The molecule has 0 aliphatic carbocycles. The van der Waals surface area contributed by atoms with Crippen LogP contribution in [0.2, 0.25) is 0 Å². The van der Waals surface area contributed by atoms with Crippen LogP contribution >= 0.6 is 0 Å². The second kappa shape index (κ2) is 7.75. The number of piperazine rings is 1. The van der Waals surface area contributed by atoms with Crippen molar-refractivity contribution in [1.82, 2.24) is 10.6 Å². The zero-order valence-corrected chi connectivity index (χ0v) is 13.3. The van der Waals surface area contributed by atoms with E-state index in [9.17, 15) is 9.59 Å². The third-order valence-electron chi connectivity index (χ3n) is 3.94. The summed E-state index contributed by atoms with van der Waals surface area (Å²) >= 11 is 0. The molecule has 2 aromatic rings. The molecule has 0 unspecified atom stereocenters. The lowest BCUT2D eigenvalue weighted by Gasteiger charge is -2.29. The largest absolute Gasteiger partial charge is 0.374 e. The fourth-order valence-electron chi connectivity index (χ4n) is 2.66. The van der Waals surface area contributed by atoms with Crippen LogP contribution in [0.3, 0.4) is 0 Å². The minimum atomic E-state index is -0.645. The zero-order valence-electron chi connectivity index (χ0n) is 13.3. The van der Waals surface area contributed by atoms with Crippen molar-refractivity contribution in [3.05, 3.63) is 71.8 Å². The van der Waals surface area contributed by atoms with Crippen LogP contribution in [-0.4, -0.2) is 30.5 Å². The third kappa shape index (κ3) is 4.20. The predicted octanol–water partition coefficient (Wildman–Crippen LogP) is 1.43. The van der Waals surface area contributed by atoms with Crippen LogP contribution in [-0.2, 0) is 27.4 Å². The van der Waals surface area contributed by atoms with Gasteiger partial charge in [0.15, 0.2) is 0 Å². The molecular formula is C19H20N2O3. The Morgan fingerprint density at radius 2 is 1.29 bits per heavy atom. The van der Waals surface area contributed by atoms with Crippen molar-refractivity contribution in [1.29, 1.82) is 0 Å². The van der Waals surface area contributed by atoms with E-state index >= 15 is 0 Å². The molecule has 5 nitrogen and oxygen atoms in total. The molecule has 1 aliphatic heterocycles. The summed E-state index contributed by atoms with van der Waals surface area (Å²) in [5.74, 6) is -0.379. The maximum Gasteiger partial charge on any atom is 0.245 e. The van der Waals surface area contributed by atoms with Gasteiger partial charge in [0.2, 0.25) is 11.8 Å². The van der Waals surface area contributed by atoms with E-state index in [4.69, 9.17) is 4.74 Å². The molecule has 3 rings (SSSR count). The van der Waals surface area contributed by atoms with Crippen molar-refractivity contribution < 1.29 is 14.3 Å². The van der Waals surface area contributed by atoms with Crippen LogP contribution in [0.15, 0.2) is 60.7 Å². The molecular weight excluding hydrogens is 304 g/mol. The van der Waals surface area contributed by atoms with Gasteiger partial charge in [0, 0.05) is 6.42 Å². The van der Waals surface area contributed by atoms with Gasteiger partial charge in [-0.3, -0.25) is 9.59 Å². The van der Waals surface area contributed by atoms with Gasteiger partial charge < -0.3 is 15.4 Å². The van der Waals surface area contributed by atoms with Gasteiger partial charge in [0.1, 0.15) is 12.1 Å². The van der Waals surface area contributed by atoms with Gasteiger partial charge >= 0.3 is 0 Å². The highest BCUT2D eigenvalue weighted by atomic mass is 16.5. The van der Waals surface area contributed by atoms with E-state index in [-0.39, 0.29) is 18.4 Å². The molecule has 0 radical (unpaired) electrons. The average molecular weight is 324 g/mol. The summed E-state index contributed by atoms with van der Waals surface area (Å²) in [7, 11) is 0. The Morgan fingerprint density at radius 1 is 0.750 bits per heavy atom. The number of hydrogen-bond donors (Lipinski definition) is 2. The molecule has 0 spiro atoms. The van der Waals surface area contributed by atoms with Crippen LogP contribution in [0.1, 0.15) is 11.1 Å². The van der Waals surface area contributed by atoms with Gasteiger partial charge in [-0.1, -0.05) is 60.7 Å². The topological polar surface area (TPSA) is 67.4 Å². The van der Waals surface area contributed by atoms with Crippen molar-refractivity contribution in [3.8, 4) is 0 Å². The highest BCUT2D eigenvalue weighted by molar-refractivity contribution is 5.97. The first kappa shape index (κ1) is 16.2. The second-order valence-corrected chi connectivity index (χ2v) is 5.81. The molecule has 1 fully saturated rings. The normalized spacial score (nSPS) is 20.3. The summed E-state index contributed by atoms with van der Waals surface area (Å²) in [4.78, 5) is 24.4. The van der Waals surface area contributed by atoms with Crippen molar-refractivity contribution in [3.63, 3.8) is 0 Å². The first-order valence-corrected chi connectivity index (χ1v) is 7.99. The maximum atomic E-state index is 12.2. The first-order valence-electron chi connectivity index (χ1n) is 7.99. The smallest absolute Gasteiger partial charge is 0.245 e. The number of rotatable bonds is 6. The number of nitrogens with one attached hydrogen (secondary N) is 2. The maximum absolute atomic E-state index is 12.2. The third-order valence-corrected chi connectivity index (χ3v) is 3.94. The van der Waals surface area contributed by atoms with E-state index < -0.39 is 12.1 Å².